The molecule has 5 N–H and O–H groups in total. The predicted octanol–water partition coefficient (Wildman–Crippen LogP) is 0.760. The Morgan fingerprint density at radius 3 is 1.50 bits per heavy atom. The molecule has 196 valence electrons. The van der Waals surface area contributed by atoms with Crippen molar-refractivity contribution in [3.05, 3.63) is 29.8 Å². The van der Waals surface area contributed by atoms with Gasteiger partial charge in [0.25, 0.3) is 0 Å². The maximum atomic E-state index is 11.2. The van der Waals surface area contributed by atoms with Gasteiger partial charge in [0.2, 0.25) is 0 Å². The summed E-state index contributed by atoms with van der Waals surface area (Å²) in [7, 11) is -14.4. The molecule has 1 rings (SSSR count). The normalized spacial score (nSPS) is 11.5. The summed E-state index contributed by atoms with van der Waals surface area (Å²) in [6.07, 6.45) is 13.2. The molecule has 0 bridgehead atoms. The van der Waals surface area contributed by atoms with Crippen molar-refractivity contribution >= 4 is 30.9 Å². The van der Waals surface area contributed by atoms with Crippen LogP contribution in [0.5, 0.6) is 0 Å². The number of hydrogen-bond donors (Lipinski definition) is 3. The van der Waals surface area contributed by atoms with E-state index < -0.39 is 30.9 Å². The van der Waals surface area contributed by atoms with Gasteiger partial charge in [-0.1, -0.05) is 91.6 Å². The van der Waals surface area contributed by atoms with Crippen molar-refractivity contribution in [3.63, 3.8) is 0 Å². The van der Waals surface area contributed by atoms with Crippen molar-refractivity contribution < 1.29 is 77.1 Å². The topological polar surface area (TPSA) is 219 Å². The fraction of sp³-hybridized carbons (Fsp3) is 0.667. The Bertz CT molecular complexity index is 937. The van der Waals surface area contributed by atoms with Crippen molar-refractivity contribution in [1.29, 1.82) is 0 Å². The SMILES string of the molecule is CCCCCCCCCCCCc1ccccc1S(=O)(=O)[O-].N.O=S(=O)(O)OOS(=O)(=O)O.[Na+]. The fourth-order valence-corrected chi connectivity index (χ4v) is 4.13. The standard InChI is InChI=1S/C18H30O3S.H3N.Na.H2O8S2/c1-2-3-4-5-6-7-8-9-10-11-14-17-15-12-13-16-18(17)22(19,20)21;;;1-9(2,3)7-8-10(4,5)6/h12-13,15-16H,2-11,14H2,1H3,(H,19,20,21);1H3;;(H,1,2,3)(H,4,5,6)/q;;+1;/p-1. The van der Waals surface area contributed by atoms with Gasteiger partial charge in [-0.25, -0.2) is 8.42 Å². The number of unbranched alkanes of at least 4 members (excludes halogenated alkanes) is 9. The van der Waals surface area contributed by atoms with Gasteiger partial charge in [0.05, 0.1) is 4.90 Å². The molecule has 0 aliphatic carbocycles. The molecule has 34 heavy (non-hydrogen) atoms. The third kappa shape index (κ3) is 23.6. The Labute approximate surface area is 225 Å². The van der Waals surface area contributed by atoms with Gasteiger partial charge >= 0.3 is 50.4 Å². The van der Waals surface area contributed by atoms with Crippen LogP contribution in [0.25, 0.3) is 0 Å². The summed E-state index contributed by atoms with van der Waals surface area (Å²) in [5, 5.41) is 0. The van der Waals surface area contributed by atoms with Crippen LogP contribution in [0, 0.1) is 0 Å². The molecule has 0 aromatic heterocycles. The monoisotopic (exact) mass is 559 g/mol. The summed E-state index contributed by atoms with van der Waals surface area (Å²) in [6, 6.07) is 6.56. The molecule has 0 saturated carbocycles. The maximum Gasteiger partial charge on any atom is 1.00 e. The van der Waals surface area contributed by atoms with Crippen LogP contribution in [0.15, 0.2) is 29.2 Å². The summed E-state index contributed by atoms with van der Waals surface area (Å²) in [5.41, 5.74) is 0.664. The molecule has 1 aromatic rings. The van der Waals surface area contributed by atoms with Crippen LogP contribution in [-0.4, -0.2) is 38.9 Å². The Morgan fingerprint density at radius 1 is 0.735 bits per heavy atom. The van der Waals surface area contributed by atoms with E-state index in [4.69, 9.17) is 9.11 Å². The van der Waals surface area contributed by atoms with Gasteiger partial charge in [-0.2, -0.15) is 16.8 Å². The summed E-state index contributed by atoms with van der Waals surface area (Å²) < 4.78 is 92.4. The van der Waals surface area contributed by atoms with Crippen LogP contribution in [0.2, 0.25) is 0 Å². The van der Waals surface area contributed by atoms with Crippen molar-refractivity contribution in [2.45, 2.75) is 82.4 Å². The smallest absolute Gasteiger partial charge is 0.744 e. The van der Waals surface area contributed by atoms with E-state index >= 15 is 0 Å². The van der Waals surface area contributed by atoms with Gasteiger partial charge in [0.15, 0.2) is 0 Å². The average molecular weight is 560 g/mol. The minimum absolute atomic E-state index is 0. The van der Waals surface area contributed by atoms with Crippen molar-refractivity contribution in [2.24, 2.45) is 0 Å². The zero-order chi connectivity index (χ0) is 24.7. The second-order valence-electron chi connectivity index (χ2n) is 6.99. The third-order valence-corrected chi connectivity index (χ3v) is 5.74. The molecular weight excluding hydrogens is 525 g/mol. The number of rotatable bonds is 15. The predicted molar refractivity (Wildman–Crippen MR) is 120 cm³/mol. The third-order valence-electron chi connectivity index (χ3n) is 4.24. The Hall–Kier alpha value is -0.170. The first-order chi connectivity index (χ1) is 14.8. The quantitative estimate of drug-likeness (QED) is 0.0891. The zero-order valence-electron chi connectivity index (χ0n) is 19.6. The molecule has 1 aromatic carbocycles. The summed E-state index contributed by atoms with van der Waals surface area (Å²) in [5.74, 6) is 0. The van der Waals surface area contributed by atoms with E-state index in [9.17, 15) is 29.8 Å². The van der Waals surface area contributed by atoms with E-state index in [2.05, 4.69) is 15.6 Å². The molecule has 0 saturated heterocycles. The van der Waals surface area contributed by atoms with Crippen molar-refractivity contribution in [2.75, 3.05) is 0 Å². The first-order valence-corrected chi connectivity index (χ1v) is 14.3. The van der Waals surface area contributed by atoms with Gasteiger partial charge in [-0.15, -0.1) is 0 Å². The van der Waals surface area contributed by atoms with Crippen LogP contribution in [-0.2, 0) is 46.0 Å². The van der Waals surface area contributed by atoms with Crippen LogP contribution in [0.3, 0.4) is 0 Å². The first kappa shape index (κ1) is 38.4. The molecule has 16 heteroatoms. The van der Waals surface area contributed by atoms with E-state index in [0.717, 1.165) is 12.8 Å². The van der Waals surface area contributed by atoms with Crippen LogP contribution in [0.4, 0.5) is 0 Å². The minimum Gasteiger partial charge on any atom is -0.744 e. The molecule has 0 aliphatic rings. The van der Waals surface area contributed by atoms with E-state index in [-0.39, 0.29) is 40.6 Å². The summed E-state index contributed by atoms with van der Waals surface area (Å²) in [6.45, 7) is 2.23. The largest absolute Gasteiger partial charge is 1.00 e. The molecular formula is C18H34NNaO11S3. The molecule has 0 amide bonds. The fourth-order valence-electron chi connectivity index (χ4n) is 2.83. The van der Waals surface area contributed by atoms with Crippen LogP contribution >= 0.6 is 0 Å². The van der Waals surface area contributed by atoms with Crippen molar-refractivity contribution in [3.8, 4) is 0 Å². The summed E-state index contributed by atoms with van der Waals surface area (Å²) in [4.78, 5) is -0.0501. The van der Waals surface area contributed by atoms with Crippen molar-refractivity contribution in [1.82, 2.24) is 6.15 Å². The van der Waals surface area contributed by atoms with E-state index in [1.807, 2.05) is 0 Å². The number of benzene rings is 1. The molecule has 0 unspecified atom stereocenters. The first-order valence-electron chi connectivity index (χ1n) is 10.1. The zero-order valence-corrected chi connectivity index (χ0v) is 24.0. The molecule has 0 aliphatic heterocycles. The second kappa shape index (κ2) is 20.0. The molecule has 0 fully saturated rings. The van der Waals surface area contributed by atoms with Gasteiger partial charge in [0.1, 0.15) is 10.1 Å². The molecule has 12 nitrogen and oxygen atoms in total. The number of aryl methyl sites for hydroxylation is 1. The Morgan fingerprint density at radius 2 is 1.12 bits per heavy atom. The van der Waals surface area contributed by atoms with E-state index in [1.54, 1.807) is 18.2 Å². The Kier molecular flexibility index (Phi) is 22.5. The van der Waals surface area contributed by atoms with Crippen LogP contribution in [0.1, 0.15) is 76.7 Å². The van der Waals surface area contributed by atoms with E-state index in [1.165, 1.54) is 57.4 Å². The van der Waals surface area contributed by atoms with Gasteiger partial charge in [-0.3, -0.25) is 9.11 Å². The molecule has 0 atom stereocenters. The van der Waals surface area contributed by atoms with Gasteiger partial charge < -0.3 is 10.7 Å². The second-order valence-corrected chi connectivity index (χ2v) is 10.3. The average Bonchev–Trinajstić information content (AvgIpc) is 2.67. The Balaban J connectivity index is -0.000000685. The number of hydrogen-bond acceptors (Lipinski definition) is 10. The molecule has 0 heterocycles. The van der Waals surface area contributed by atoms with Gasteiger partial charge in [0, 0.05) is 0 Å². The molecule has 0 spiro atoms. The summed E-state index contributed by atoms with van der Waals surface area (Å²) >= 11 is 0. The minimum atomic E-state index is -5.02. The van der Waals surface area contributed by atoms with Crippen LogP contribution < -0.4 is 35.7 Å². The maximum absolute atomic E-state index is 11.2. The van der Waals surface area contributed by atoms with Gasteiger partial charge in [-0.05, 0) is 24.5 Å². The van der Waals surface area contributed by atoms with E-state index in [0.29, 0.717) is 12.0 Å². The molecule has 0 radical (unpaired) electrons.